The highest BCUT2D eigenvalue weighted by molar-refractivity contribution is 6.30. The average molecular weight is 418 g/mol. The molecular weight excluding hydrogens is 390 g/mol. The summed E-state index contributed by atoms with van der Waals surface area (Å²) in [5.74, 6) is 0.554. The Labute approximate surface area is 177 Å². The highest BCUT2D eigenvalue weighted by Gasteiger charge is 2.25. The SMILES string of the molecule is CC(=O)Nc1ccc(OC[C@@H](O)CN2CCN(c3ccc(Cl)cc3)C[C@@H]2C)cc1. The molecule has 1 aliphatic heterocycles. The number of carbonyl (C=O) groups excluding carboxylic acids is 1. The maximum absolute atomic E-state index is 11.1. The first kappa shape index (κ1) is 21.4. The standard InChI is InChI=1S/C22H28ClN3O3/c1-16-13-26(20-7-3-18(23)4-8-20)12-11-25(16)14-21(28)15-29-22-9-5-19(6-10-22)24-17(2)27/h3-10,16,21,28H,11-15H2,1-2H3,(H,24,27)/t16-,21-/m0/s1. The van der Waals surface area contributed by atoms with Crippen LogP contribution in [0.25, 0.3) is 0 Å². The van der Waals surface area contributed by atoms with Crippen LogP contribution in [-0.2, 0) is 4.79 Å². The predicted octanol–water partition coefficient (Wildman–Crippen LogP) is 3.25. The van der Waals surface area contributed by atoms with Crippen molar-refractivity contribution >= 4 is 28.9 Å². The molecule has 2 aromatic carbocycles. The van der Waals surface area contributed by atoms with Crippen molar-refractivity contribution in [3.05, 3.63) is 53.6 Å². The number of nitrogens with one attached hydrogen (secondary N) is 1. The quantitative estimate of drug-likeness (QED) is 0.724. The van der Waals surface area contributed by atoms with Crippen LogP contribution in [0.4, 0.5) is 11.4 Å². The van der Waals surface area contributed by atoms with Crippen molar-refractivity contribution in [1.82, 2.24) is 4.90 Å². The highest BCUT2D eigenvalue weighted by Crippen LogP contribution is 2.22. The Balaban J connectivity index is 1.44. The van der Waals surface area contributed by atoms with Gasteiger partial charge in [0.25, 0.3) is 0 Å². The van der Waals surface area contributed by atoms with E-state index in [0.29, 0.717) is 18.3 Å². The van der Waals surface area contributed by atoms with Gasteiger partial charge in [0.15, 0.2) is 0 Å². The molecule has 2 aromatic rings. The molecule has 1 fully saturated rings. The number of hydrogen-bond acceptors (Lipinski definition) is 5. The number of nitrogens with zero attached hydrogens (tertiary/aromatic N) is 2. The van der Waals surface area contributed by atoms with Gasteiger partial charge in [-0.05, 0) is 55.5 Å². The first-order chi connectivity index (χ1) is 13.9. The molecule has 0 saturated carbocycles. The van der Waals surface area contributed by atoms with Crippen LogP contribution in [0.2, 0.25) is 5.02 Å². The van der Waals surface area contributed by atoms with Gasteiger partial charge in [-0.1, -0.05) is 11.6 Å². The van der Waals surface area contributed by atoms with Gasteiger partial charge in [0.05, 0.1) is 0 Å². The van der Waals surface area contributed by atoms with Crippen LogP contribution in [0.5, 0.6) is 5.75 Å². The van der Waals surface area contributed by atoms with Crippen molar-refractivity contribution < 1.29 is 14.6 Å². The van der Waals surface area contributed by atoms with E-state index in [1.165, 1.54) is 12.6 Å². The number of rotatable bonds is 7. The maximum Gasteiger partial charge on any atom is 0.221 e. The Bertz CT molecular complexity index is 798. The minimum Gasteiger partial charge on any atom is -0.491 e. The van der Waals surface area contributed by atoms with Crippen molar-refractivity contribution in [3.8, 4) is 5.75 Å². The van der Waals surface area contributed by atoms with Crippen LogP contribution in [0.15, 0.2) is 48.5 Å². The second-order valence-electron chi connectivity index (χ2n) is 7.44. The van der Waals surface area contributed by atoms with E-state index in [9.17, 15) is 9.90 Å². The van der Waals surface area contributed by atoms with Gasteiger partial charge < -0.3 is 20.1 Å². The lowest BCUT2D eigenvalue weighted by Gasteiger charge is -2.41. The average Bonchev–Trinajstić information content (AvgIpc) is 2.69. The van der Waals surface area contributed by atoms with Gasteiger partial charge in [-0.25, -0.2) is 0 Å². The van der Waals surface area contributed by atoms with Crippen molar-refractivity contribution in [3.63, 3.8) is 0 Å². The summed E-state index contributed by atoms with van der Waals surface area (Å²) in [5, 5.41) is 13.9. The molecule has 2 atom stereocenters. The first-order valence-electron chi connectivity index (χ1n) is 9.84. The fraction of sp³-hybridized carbons (Fsp3) is 0.409. The summed E-state index contributed by atoms with van der Waals surface area (Å²) < 4.78 is 5.69. The summed E-state index contributed by atoms with van der Waals surface area (Å²) >= 11 is 5.98. The van der Waals surface area contributed by atoms with Gasteiger partial charge in [-0.2, -0.15) is 0 Å². The van der Waals surface area contributed by atoms with Gasteiger partial charge in [-0.15, -0.1) is 0 Å². The molecule has 1 amide bonds. The third-order valence-corrected chi connectivity index (χ3v) is 5.27. The van der Waals surface area contributed by atoms with Crippen molar-refractivity contribution in [2.75, 3.05) is 43.0 Å². The van der Waals surface area contributed by atoms with Crippen LogP contribution in [-0.4, -0.2) is 60.8 Å². The number of ether oxygens (including phenoxy) is 1. The van der Waals surface area contributed by atoms with E-state index in [-0.39, 0.29) is 12.5 Å². The second-order valence-corrected chi connectivity index (χ2v) is 7.87. The Hall–Kier alpha value is -2.28. The van der Waals surface area contributed by atoms with E-state index in [1.807, 2.05) is 24.3 Å². The van der Waals surface area contributed by atoms with Crippen molar-refractivity contribution in [2.24, 2.45) is 0 Å². The Morgan fingerprint density at radius 1 is 1.21 bits per heavy atom. The number of amides is 1. The molecule has 6 nitrogen and oxygen atoms in total. The number of piperazine rings is 1. The Morgan fingerprint density at radius 3 is 2.52 bits per heavy atom. The fourth-order valence-corrected chi connectivity index (χ4v) is 3.63. The van der Waals surface area contributed by atoms with Crippen molar-refractivity contribution in [2.45, 2.75) is 26.0 Å². The third-order valence-electron chi connectivity index (χ3n) is 5.02. The molecule has 1 heterocycles. The van der Waals surface area contributed by atoms with E-state index < -0.39 is 6.10 Å². The van der Waals surface area contributed by atoms with Gasteiger partial charge in [0.1, 0.15) is 18.5 Å². The number of aliphatic hydroxyl groups excluding tert-OH is 1. The lowest BCUT2D eigenvalue weighted by Crippen LogP contribution is -2.54. The molecule has 29 heavy (non-hydrogen) atoms. The molecule has 2 N–H and O–H groups in total. The van der Waals surface area contributed by atoms with E-state index in [0.717, 1.165) is 30.3 Å². The van der Waals surface area contributed by atoms with Crippen molar-refractivity contribution in [1.29, 1.82) is 0 Å². The smallest absolute Gasteiger partial charge is 0.221 e. The molecule has 0 bridgehead atoms. The summed E-state index contributed by atoms with van der Waals surface area (Å²) in [6.45, 7) is 7.13. The summed E-state index contributed by atoms with van der Waals surface area (Å²) in [5.41, 5.74) is 1.89. The normalized spacial score (nSPS) is 18.3. The Kier molecular flexibility index (Phi) is 7.36. The number of carbonyl (C=O) groups is 1. The van der Waals surface area contributed by atoms with Crippen LogP contribution in [0.1, 0.15) is 13.8 Å². The van der Waals surface area contributed by atoms with Crippen LogP contribution in [0, 0.1) is 0 Å². The van der Waals surface area contributed by atoms with E-state index in [2.05, 4.69) is 22.0 Å². The molecule has 7 heteroatoms. The monoisotopic (exact) mass is 417 g/mol. The molecule has 0 spiro atoms. The van der Waals surface area contributed by atoms with Gasteiger partial charge in [0, 0.05) is 55.5 Å². The molecule has 1 saturated heterocycles. The zero-order valence-electron chi connectivity index (χ0n) is 16.8. The number of aliphatic hydroxyl groups is 1. The summed E-state index contributed by atoms with van der Waals surface area (Å²) in [7, 11) is 0. The van der Waals surface area contributed by atoms with E-state index in [1.54, 1.807) is 24.3 Å². The first-order valence-corrected chi connectivity index (χ1v) is 10.2. The zero-order chi connectivity index (χ0) is 20.8. The lowest BCUT2D eigenvalue weighted by molar-refractivity contribution is -0.114. The zero-order valence-corrected chi connectivity index (χ0v) is 17.6. The molecule has 3 rings (SSSR count). The molecular formula is C22H28ClN3O3. The van der Waals surface area contributed by atoms with Crippen LogP contribution < -0.4 is 15.0 Å². The van der Waals surface area contributed by atoms with Gasteiger partial charge >= 0.3 is 0 Å². The topological polar surface area (TPSA) is 65.0 Å². The minimum atomic E-state index is -0.574. The molecule has 0 unspecified atom stereocenters. The van der Waals surface area contributed by atoms with Gasteiger partial charge in [0.2, 0.25) is 5.91 Å². The number of halogens is 1. The molecule has 0 radical (unpaired) electrons. The molecule has 0 aromatic heterocycles. The number of anilines is 2. The Morgan fingerprint density at radius 2 is 1.90 bits per heavy atom. The van der Waals surface area contributed by atoms with Gasteiger partial charge in [-0.3, -0.25) is 9.69 Å². The summed E-state index contributed by atoms with van der Waals surface area (Å²) in [4.78, 5) is 15.7. The number of β-amino-alcohol motifs (C(OH)–C–C–N with tert-alkyl or cyclic N) is 1. The largest absolute Gasteiger partial charge is 0.491 e. The lowest BCUT2D eigenvalue weighted by atomic mass is 10.1. The second kappa shape index (κ2) is 9.96. The minimum absolute atomic E-state index is 0.112. The number of hydrogen-bond donors (Lipinski definition) is 2. The third kappa shape index (κ3) is 6.35. The predicted molar refractivity (Wildman–Crippen MR) is 117 cm³/mol. The van der Waals surface area contributed by atoms with E-state index >= 15 is 0 Å². The molecule has 156 valence electrons. The van der Waals surface area contributed by atoms with Crippen LogP contribution in [0.3, 0.4) is 0 Å². The fourth-order valence-electron chi connectivity index (χ4n) is 3.51. The summed E-state index contributed by atoms with van der Waals surface area (Å²) in [6, 6.07) is 15.4. The summed E-state index contributed by atoms with van der Waals surface area (Å²) in [6.07, 6.45) is -0.574. The maximum atomic E-state index is 11.1. The molecule has 1 aliphatic rings. The number of benzene rings is 2. The van der Waals surface area contributed by atoms with E-state index in [4.69, 9.17) is 16.3 Å². The van der Waals surface area contributed by atoms with Crippen LogP contribution >= 0.6 is 11.6 Å². The molecule has 0 aliphatic carbocycles. The highest BCUT2D eigenvalue weighted by atomic mass is 35.5.